The second-order valence-corrected chi connectivity index (χ2v) is 2.58. The van der Waals surface area contributed by atoms with Gasteiger partial charge in [-0.25, -0.2) is 0 Å². The molecule has 0 bridgehead atoms. The Morgan fingerprint density at radius 1 is 1.33 bits per heavy atom. The average Bonchev–Trinajstić information content (AvgIpc) is 2.17. The van der Waals surface area contributed by atoms with Gasteiger partial charge in [-0.2, -0.15) is 5.26 Å². The Morgan fingerprint density at radius 2 is 1.92 bits per heavy atom. The Bertz CT molecular complexity index is 284. The number of hydrogen-bond donors (Lipinski definition) is 2. The summed E-state index contributed by atoms with van der Waals surface area (Å²) in [6, 6.07) is 9.05. The summed E-state index contributed by atoms with van der Waals surface area (Å²) in [5.74, 6) is 0. The summed E-state index contributed by atoms with van der Waals surface area (Å²) < 4.78 is 0. The first-order valence-electron chi connectivity index (χ1n) is 3.73. The van der Waals surface area contributed by atoms with Crippen LogP contribution in [0.3, 0.4) is 0 Å². The normalized spacial score (nSPS) is 12.1. The van der Waals surface area contributed by atoms with Crippen LogP contribution in [-0.4, -0.2) is 6.54 Å². The predicted molar refractivity (Wildman–Crippen MR) is 47.1 cm³/mol. The molecular weight excluding hydrogens is 150 g/mol. The average molecular weight is 161 g/mol. The molecule has 3 heteroatoms. The Kier molecular flexibility index (Phi) is 2.81. The van der Waals surface area contributed by atoms with Crippen LogP contribution >= 0.6 is 0 Å². The molecule has 1 atom stereocenters. The number of nitrogens with two attached hydrogens (primary N) is 2. The number of nitriles is 1. The van der Waals surface area contributed by atoms with E-state index < -0.39 is 0 Å². The third kappa shape index (κ3) is 1.82. The summed E-state index contributed by atoms with van der Waals surface area (Å²) in [6.07, 6.45) is 0. The zero-order chi connectivity index (χ0) is 8.97. The Morgan fingerprint density at radius 3 is 2.33 bits per heavy atom. The highest BCUT2D eigenvalue weighted by Gasteiger charge is 2.01. The largest absolute Gasteiger partial charge is 0.329 e. The Hall–Kier alpha value is -1.37. The van der Waals surface area contributed by atoms with Crippen molar-refractivity contribution in [2.45, 2.75) is 6.04 Å². The van der Waals surface area contributed by atoms with Crippen LogP contribution in [0.1, 0.15) is 17.2 Å². The quantitative estimate of drug-likeness (QED) is 0.663. The molecule has 0 aliphatic heterocycles. The molecule has 0 aliphatic rings. The molecule has 4 N–H and O–H groups in total. The van der Waals surface area contributed by atoms with Gasteiger partial charge in [0, 0.05) is 12.6 Å². The highest BCUT2D eigenvalue weighted by atomic mass is 14.7. The van der Waals surface area contributed by atoms with Crippen LogP contribution in [0.15, 0.2) is 24.3 Å². The molecule has 3 nitrogen and oxygen atoms in total. The lowest BCUT2D eigenvalue weighted by Crippen LogP contribution is -2.20. The highest BCUT2D eigenvalue weighted by Crippen LogP contribution is 2.09. The van der Waals surface area contributed by atoms with Crippen LogP contribution in [0, 0.1) is 11.3 Å². The second kappa shape index (κ2) is 3.86. The van der Waals surface area contributed by atoms with Gasteiger partial charge in [-0.05, 0) is 17.7 Å². The molecular formula is C9H11N3. The number of benzene rings is 1. The van der Waals surface area contributed by atoms with Crippen molar-refractivity contribution >= 4 is 0 Å². The van der Waals surface area contributed by atoms with Crippen molar-refractivity contribution < 1.29 is 0 Å². The molecule has 0 spiro atoms. The number of nitrogens with zero attached hydrogens (tertiary/aromatic N) is 1. The fraction of sp³-hybridized carbons (Fsp3) is 0.222. The van der Waals surface area contributed by atoms with E-state index in [0.29, 0.717) is 12.1 Å². The first-order valence-corrected chi connectivity index (χ1v) is 3.73. The van der Waals surface area contributed by atoms with E-state index in [-0.39, 0.29) is 6.04 Å². The van der Waals surface area contributed by atoms with Crippen LogP contribution in [0.4, 0.5) is 0 Å². The number of hydrogen-bond acceptors (Lipinski definition) is 3. The molecule has 62 valence electrons. The molecule has 1 rings (SSSR count). The minimum atomic E-state index is -0.127. The molecule has 0 aliphatic carbocycles. The van der Waals surface area contributed by atoms with Gasteiger partial charge in [0.15, 0.2) is 0 Å². The predicted octanol–water partition coefficient (Wildman–Crippen LogP) is 0.517. The first kappa shape index (κ1) is 8.72. The van der Waals surface area contributed by atoms with Gasteiger partial charge in [-0.15, -0.1) is 0 Å². The van der Waals surface area contributed by atoms with Crippen molar-refractivity contribution in [2.24, 2.45) is 11.5 Å². The molecule has 0 fully saturated rings. The maximum absolute atomic E-state index is 8.52. The second-order valence-electron chi connectivity index (χ2n) is 2.58. The van der Waals surface area contributed by atoms with Crippen molar-refractivity contribution in [1.82, 2.24) is 0 Å². The van der Waals surface area contributed by atoms with Crippen LogP contribution in [0.5, 0.6) is 0 Å². The van der Waals surface area contributed by atoms with Crippen molar-refractivity contribution in [3.05, 3.63) is 35.4 Å². The molecule has 12 heavy (non-hydrogen) atoms. The van der Waals surface area contributed by atoms with Gasteiger partial charge in [0.1, 0.15) is 0 Å². The minimum absolute atomic E-state index is 0.127. The topological polar surface area (TPSA) is 75.8 Å². The standard InChI is InChI=1S/C9H11N3/c10-5-7-1-3-8(4-2-7)9(12)6-11/h1-4,9H,6,11-12H2/t9-/m1/s1. The smallest absolute Gasteiger partial charge is 0.0991 e. The van der Waals surface area contributed by atoms with E-state index in [0.717, 1.165) is 5.56 Å². The van der Waals surface area contributed by atoms with E-state index in [4.69, 9.17) is 16.7 Å². The zero-order valence-corrected chi connectivity index (χ0v) is 6.70. The Labute approximate surface area is 71.6 Å². The SMILES string of the molecule is N#Cc1ccc([C@H](N)CN)cc1. The van der Waals surface area contributed by atoms with Crippen LogP contribution in [0.25, 0.3) is 0 Å². The summed E-state index contributed by atoms with van der Waals surface area (Å²) in [4.78, 5) is 0. The molecule has 0 amide bonds. The van der Waals surface area contributed by atoms with Gasteiger partial charge in [-0.3, -0.25) is 0 Å². The van der Waals surface area contributed by atoms with Gasteiger partial charge >= 0.3 is 0 Å². The van der Waals surface area contributed by atoms with Crippen molar-refractivity contribution in [1.29, 1.82) is 5.26 Å². The zero-order valence-electron chi connectivity index (χ0n) is 6.70. The lowest BCUT2D eigenvalue weighted by atomic mass is 10.1. The Balaban J connectivity index is 2.86. The molecule has 0 radical (unpaired) electrons. The van der Waals surface area contributed by atoms with E-state index in [1.54, 1.807) is 12.1 Å². The summed E-state index contributed by atoms with van der Waals surface area (Å²) in [7, 11) is 0. The lowest BCUT2D eigenvalue weighted by molar-refractivity contribution is 0.737. The fourth-order valence-electron chi connectivity index (χ4n) is 0.941. The summed E-state index contributed by atoms with van der Waals surface area (Å²) in [5.41, 5.74) is 12.7. The third-order valence-electron chi connectivity index (χ3n) is 1.72. The van der Waals surface area contributed by atoms with Crippen molar-refractivity contribution in [3.63, 3.8) is 0 Å². The third-order valence-corrected chi connectivity index (χ3v) is 1.72. The van der Waals surface area contributed by atoms with Crippen LogP contribution in [0.2, 0.25) is 0 Å². The summed E-state index contributed by atoms with van der Waals surface area (Å²) in [5, 5.41) is 8.52. The highest BCUT2D eigenvalue weighted by molar-refractivity contribution is 5.32. The van der Waals surface area contributed by atoms with E-state index in [2.05, 4.69) is 0 Å². The molecule has 1 aromatic rings. The monoisotopic (exact) mass is 161 g/mol. The van der Waals surface area contributed by atoms with Crippen LogP contribution in [-0.2, 0) is 0 Å². The minimum Gasteiger partial charge on any atom is -0.329 e. The van der Waals surface area contributed by atoms with E-state index >= 15 is 0 Å². The fourth-order valence-corrected chi connectivity index (χ4v) is 0.941. The first-order chi connectivity index (χ1) is 5.77. The molecule has 1 aromatic carbocycles. The van der Waals surface area contributed by atoms with E-state index in [1.165, 1.54) is 0 Å². The summed E-state index contributed by atoms with van der Waals surface area (Å²) in [6.45, 7) is 0.423. The molecule has 0 saturated carbocycles. The molecule has 0 unspecified atom stereocenters. The van der Waals surface area contributed by atoms with Gasteiger partial charge < -0.3 is 11.5 Å². The van der Waals surface area contributed by atoms with Gasteiger partial charge in [0.05, 0.1) is 11.6 Å². The van der Waals surface area contributed by atoms with E-state index in [1.807, 2.05) is 18.2 Å². The van der Waals surface area contributed by atoms with Crippen molar-refractivity contribution in [3.8, 4) is 6.07 Å². The lowest BCUT2D eigenvalue weighted by Gasteiger charge is -2.07. The van der Waals surface area contributed by atoms with E-state index in [9.17, 15) is 0 Å². The maximum Gasteiger partial charge on any atom is 0.0991 e. The number of rotatable bonds is 2. The molecule has 0 saturated heterocycles. The summed E-state index contributed by atoms with van der Waals surface area (Å²) >= 11 is 0. The van der Waals surface area contributed by atoms with Crippen LogP contribution < -0.4 is 11.5 Å². The van der Waals surface area contributed by atoms with Gasteiger partial charge in [0.25, 0.3) is 0 Å². The van der Waals surface area contributed by atoms with Crippen molar-refractivity contribution in [2.75, 3.05) is 6.54 Å². The van der Waals surface area contributed by atoms with Gasteiger partial charge in [0.2, 0.25) is 0 Å². The molecule has 0 heterocycles. The molecule has 0 aromatic heterocycles. The van der Waals surface area contributed by atoms with Gasteiger partial charge in [-0.1, -0.05) is 12.1 Å². The maximum atomic E-state index is 8.52.